The zero-order chi connectivity index (χ0) is 10.5. The minimum atomic E-state index is 0.384. The van der Waals surface area contributed by atoms with E-state index in [1.165, 1.54) is 0 Å². The van der Waals surface area contributed by atoms with Gasteiger partial charge in [0.1, 0.15) is 11.8 Å². The van der Waals surface area contributed by atoms with Crippen LogP contribution in [-0.2, 0) is 4.74 Å². The first kappa shape index (κ1) is 9.87. The molecule has 0 amide bonds. The van der Waals surface area contributed by atoms with E-state index in [2.05, 4.69) is 15.3 Å². The summed E-state index contributed by atoms with van der Waals surface area (Å²) in [4.78, 5) is 8.06. The van der Waals surface area contributed by atoms with Crippen molar-refractivity contribution < 1.29 is 4.74 Å². The van der Waals surface area contributed by atoms with Crippen molar-refractivity contribution in [1.82, 2.24) is 9.97 Å². The minimum absolute atomic E-state index is 0.384. The molecule has 78 valence electrons. The minimum Gasteiger partial charge on any atom is -0.381 e. The normalized spacial score (nSPS) is 19.8. The number of ether oxygens (including phenoxy) is 1. The van der Waals surface area contributed by atoms with Crippen molar-refractivity contribution in [1.29, 1.82) is 5.26 Å². The largest absolute Gasteiger partial charge is 0.381 e. The molecule has 5 heteroatoms. The van der Waals surface area contributed by atoms with Gasteiger partial charge < -0.3 is 10.1 Å². The van der Waals surface area contributed by atoms with Crippen LogP contribution in [0.4, 0.5) is 5.95 Å². The molecule has 1 N–H and O–H groups in total. The Morgan fingerprint density at radius 2 is 2.60 bits per heavy atom. The predicted molar refractivity (Wildman–Crippen MR) is 54.2 cm³/mol. The summed E-state index contributed by atoms with van der Waals surface area (Å²) in [6.45, 7) is 2.44. The van der Waals surface area contributed by atoms with Crippen LogP contribution in [0.3, 0.4) is 0 Å². The number of anilines is 1. The van der Waals surface area contributed by atoms with Crippen LogP contribution in [0.2, 0.25) is 0 Å². The lowest BCUT2D eigenvalue weighted by Gasteiger charge is -2.08. The van der Waals surface area contributed by atoms with E-state index in [1.807, 2.05) is 6.07 Å². The highest BCUT2D eigenvalue weighted by Gasteiger charge is 2.15. The number of nitrogens with one attached hydrogen (secondary N) is 1. The number of hydrogen-bond donors (Lipinski definition) is 1. The van der Waals surface area contributed by atoms with Crippen molar-refractivity contribution in [2.75, 3.05) is 25.1 Å². The molecule has 1 aromatic rings. The summed E-state index contributed by atoms with van der Waals surface area (Å²) in [5.74, 6) is 1.04. The van der Waals surface area contributed by atoms with E-state index in [4.69, 9.17) is 10.00 Å². The number of nitrogens with zero attached hydrogens (tertiary/aromatic N) is 3. The van der Waals surface area contributed by atoms with Crippen molar-refractivity contribution in [3.8, 4) is 6.07 Å². The molecule has 1 unspecified atom stereocenters. The summed E-state index contributed by atoms with van der Waals surface area (Å²) in [5, 5.41) is 11.8. The molecule has 1 aliphatic heterocycles. The van der Waals surface area contributed by atoms with Crippen molar-refractivity contribution in [2.45, 2.75) is 6.42 Å². The van der Waals surface area contributed by atoms with Gasteiger partial charge in [-0.05, 0) is 12.5 Å². The third kappa shape index (κ3) is 2.64. The van der Waals surface area contributed by atoms with Crippen LogP contribution >= 0.6 is 0 Å². The molecule has 1 aliphatic rings. The Morgan fingerprint density at radius 3 is 3.33 bits per heavy atom. The SMILES string of the molecule is N#Cc1ccnc(NCC2CCOC2)n1. The molecule has 0 bridgehead atoms. The van der Waals surface area contributed by atoms with Gasteiger partial charge in [0, 0.05) is 25.3 Å². The van der Waals surface area contributed by atoms with Crippen molar-refractivity contribution in [2.24, 2.45) is 5.92 Å². The van der Waals surface area contributed by atoms with Gasteiger partial charge in [-0.3, -0.25) is 0 Å². The lowest BCUT2D eigenvalue weighted by atomic mass is 10.1. The second-order valence-electron chi connectivity index (χ2n) is 3.49. The average Bonchev–Trinajstić information content (AvgIpc) is 2.79. The standard InChI is InChI=1S/C10H12N4O/c11-5-9-1-3-12-10(14-9)13-6-8-2-4-15-7-8/h1,3,8H,2,4,6-7H2,(H,12,13,14). The monoisotopic (exact) mass is 204 g/mol. The zero-order valence-corrected chi connectivity index (χ0v) is 8.31. The van der Waals surface area contributed by atoms with E-state index in [-0.39, 0.29) is 0 Å². The Bertz CT molecular complexity index is 368. The Labute approximate surface area is 88.1 Å². The van der Waals surface area contributed by atoms with Crippen molar-refractivity contribution in [3.63, 3.8) is 0 Å². The van der Waals surface area contributed by atoms with Crippen molar-refractivity contribution in [3.05, 3.63) is 18.0 Å². The summed E-state index contributed by atoms with van der Waals surface area (Å²) in [5.41, 5.74) is 0.384. The van der Waals surface area contributed by atoms with Gasteiger partial charge in [0.15, 0.2) is 0 Å². The molecule has 2 heterocycles. The molecule has 0 aliphatic carbocycles. The maximum atomic E-state index is 8.65. The van der Waals surface area contributed by atoms with E-state index in [0.29, 0.717) is 17.6 Å². The van der Waals surface area contributed by atoms with Gasteiger partial charge in [-0.1, -0.05) is 0 Å². The van der Waals surface area contributed by atoms with Crippen LogP contribution in [-0.4, -0.2) is 29.7 Å². The molecule has 0 radical (unpaired) electrons. The summed E-state index contributed by atoms with van der Waals surface area (Å²) < 4.78 is 5.26. The number of aromatic nitrogens is 2. The fourth-order valence-corrected chi connectivity index (χ4v) is 1.49. The average molecular weight is 204 g/mol. The molecule has 1 saturated heterocycles. The van der Waals surface area contributed by atoms with Gasteiger partial charge >= 0.3 is 0 Å². The van der Waals surface area contributed by atoms with E-state index >= 15 is 0 Å². The van der Waals surface area contributed by atoms with E-state index in [9.17, 15) is 0 Å². The lowest BCUT2D eigenvalue weighted by Crippen LogP contribution is -2.15. The predicted octanol–water partition coefficient (Wildman–Crippen LogP) is 0.797. The first-order valence-electron chi connectivity index (χ1n) is 4.93. The lowest BCUT2D eigenvalue weighted by molar-refractivity contribution is 0.187. The zero-order valence-electron chi connectivity index (χ0n) is 8.31. The summed E-state index contributed by atoms with van der Waals surface area (Å²) in [6.07, 6.45) is 2.66. The van der Waals surface area contributed by atoms with Crippen LogP contribution in [0.25, 0.3) is 0 Å². The first-order chi connectivity index (χ1) is 7.38. The van der Waals surface area contributed by atoms with Crippen LogP contribution < -0.4 is 5.32 Å². The first-order valence-corrected chi connectivity index (χ1v) is 4.93. The number of hydrogen-bond acceptors (Lipinski definition) is 5. The van der Waals surface area contributed by atoms with Gasteiger partial charge in [0.05, 0.1) is 6.61 Å². The van der Waals surface area contributed by atoms with Crippen LogP contribution in [0.5, 0.6) is 0 Å². The third-order valence-electron chi connectivity index (χ3n) is 2.34. The van der Waals surface area contributed by atoms with Gasteiger partial charge in [-0.15, -0.1) is 0 Å². The smallest absolute Gasteiger partial charge is 0.223 e. The van der Waals surface area contributed by atoms with E-state index in [0.717, 1.165) is 26.2 Å². The van der Waals surface area contributed by atoms with Crippen LogP contribution in [0.15, 0.2) is 12.3 Å². The highest BCUT2D eigenvalue weighted by Crippen LogP contribution is 2.12. The molecular formula is C10H12N4O. The molecule has 1 fully saturated rings. The second kappa shape index (κ2) is 4.71. The van der Waals surface area contributed by atoms with E-state index < -0.39 is 0 Å². The van der Waals surface area contributed by atoms with Gasteiger partial charge in [0.2, 0.25) is 5.95 Å². The quantitative estimate of drug-likeness (QED) is 0.788. The molecule has 0 aromatic carbocycles. The van der Waals surface area contributed by atoms with E-state index in [1.54, 1.807) is 12.3 Å². The molecular weight excluding hydrogens is 192 g/mol. The summed E-state index contributed by atoms with van der Waals surface area (Å²) in [6, 6.07) is 3.57. The molecule has 5 nitrogen and oxygen atoms in total. The Hall–Kier alpha value is -1.67. The fraction of sp³-hybridized carbons (Fsp3) is 0.500. The maximum absolute atomic E-state index is 8.65. The molecule has 1 aromatic heterocycles. The van der Waals surface area contributed by atoms with Gasteiger partial charge in [0.25, 0.3) is 0 Å². The number of nitriles is 1. The Kier molecular flexibility index (Phi) is 3.10. The van der Waals surface area contributed by atoms with Crippen molar-refractivity contribution >= 4 is 5.95 Å². The third-order valence-corrected chi connectivity index (χ3v) is 2.34. The second-order valence-corrected chi connectivity index (χ2v) is 3.49. The highest BCUT2D eigenvalue weighted by atomic mass is 16.5. The summed E-state index contributed by atoms with van der Waals surface area (Å²) >= 11 is 0. The molecule has 0 spiro atoms. The highest BCUT2D eigenvalue weighted by molar-refractivity contribution is 5.29. The number of rotatable bonds is 3. The van der Waals surface area contributed by atoms with Gasteiger partial charge in [-0.25, -0.2) is 9.97 Å². The van der Waals surface area contributed by atoms with Crippen LogP contribution in [0, 0.1) is 17.2 Å². The molecule has 15 heavy (non-hydrogen) atoms. The summed E-state index contributed by atoms with van der Waals surface area (Å²) in [7, 11) is 0. The molecule has 1 atom stereocenters. The van der Waals surface area contributed by atoms with Gasteiger partial charge in [-0.2, -0.15) is 5.26 Å². The molecule has 2 rings (SSSR count). The Balaban J connectivity index is 1.90. The topological polar surface area (TPSA) is 70.8 Å². The van der Waals surface area contributed by atoms with Crippen LogP contribution in [0.1, 0.15) is 12.1 Å². The maximum Gasteiger partial charge on any atom is 0.223 e. The fourth-order valence-electron chi connectivity index (χ4n) is 1.49. The molecule has 0 saturated carbocycles. The Morgan fingerprint density at radius 1 is 1.67 bits per heavy atom.